The maximum absolute atomic E-state index is 12.1. The van der Waals surface area contributed by atoms with Crippen molar-refractivity contribution in [3.63, 3.8) is 0 Å². The van der Waals surface area contributed by atoms with Crippen molar-refractivity contribution >= 4 is 0 Å². The van der Waals surface area contributed by atoms with Crippen LogP contribution < -0.4 is 0 Å². The van der Waals surface area contributed by atoms with Crippen LogP contribution in [0, 0.1) is 0 Å². The van der Waals surface area contributed by atoms with Crippen molar-refractivity contribution in [3.05, 3.63) is 18.0 Å². The smallest absolute Gasteiger partial charge is 0.371 e. The third-order valence-electron chi connectivity index (χ3n) is 1.75. The third-order valence-corrected chi connectivity index (χ3v) is 1.75. The Kier molecular flexibility index (Phi) is 1.80. The van der Waals surface area contributed by atoms with E-state index in [-0.39, 0.29) is 6.10 Å². The second-order valence-electron chi connectivity index (χ2n) is 2.90. The number of nitrogens with zero attached hydrogens (tertiary/aromatic N) is 2. The molecule has 0 amide bonds. The SMILES string of the molecule is FC(F)(F)c1cnn(CC2CO2)c1. The molecule has 1 aliphatic rings. The molecule has 1 atom stereocenters. The molecule has 1 aromatic heterocycles. The summed E-state index contributed by atoms with van der Waals surface area (Å²) in [7, 11) is 0. The van der Waals surface area contributed by atoms with Gasteiger partial charge in [0.2, 0.25) is 0 Å². The molecule has 0 spiro atoms. The average Bonchev–Trinajstić information content (AvgIpc) is 2.63. The highest BCUT2D eigenvalue weighted by Gasteiger charge is 2.33. The zero-order chi connectivity index (χ0) is 9.47. The number of halogens is 3. The molecule has 0 aliphatic carbocycles. The van der Waals surface area contributed by atoms with Crippen LogP contribution in [0.1, 0.15) is 5.56 Å². The Bertz CT molecular complexity index is 303. The Balaban J connectivity index is 2.08. The number of hydrogen-bond donors (Lipinski definition) is 0. The summed E-state index contributed by atoms with van der Waals surface area (Å²) in [5.41, 5.74) is -0.715. The molecule has 3 nitrogen and oxygen atoms in total. The number of epoxide rings is 1. The summed E-state index contributed by atoms with van der Waals surface area (Å²) in [4.78, 5) is 0. The summed E-state index contributed by atoms with van der Waals surface area (Å²) in [5, 5.41) is 3.58. The fraction of sp³-hybridized carbons (Fsp3) is 0.571. The van der Waals surface area contributed by atoms with Gasteiger partial charge in [-0.3, -0.25) is 4.68 Å². The Morgan fingerprint density at radius 1 is 1.62 bits per heavy atom. The van der Waals surface area contributed by atoms with E-state index in [9.17, 15) is 13.2 Å². The maximum atomic E-state index is 12.1. The van der Waals surface area contributed by atoms with Crippen molar-refractivity contribution in [1.82, 2.24) is 9.78 Å². The van der Waals surface area contributed by atoms with E-state index in [1.807, 2.05) is 0 Å². The molecule has 0 N–H and O–H groups in total. The van der Waals surface area contributed by atoms with Crippen molar-refractivity contribution in [2.75, 3.05) is 6.61 Å². The summed E-state index contributed by atoms with van der Waals surface area (Å²) in [6, 6.07) is 0. The van der Waals surface area contributed by atoms with Crippen molar-refractivity contribution in [3.8, 4) is 0 Å². The summed E-state index contributed by atoms with van der Waals surface area (Å²) < 4.78 is 42.3. The zero-order valence-electron chi connectivity index (χ0n) is 6.58. The van der Waals surface area contributed by atoms with Crippen LogP contribution >= 0.6 is 0 Å². The molecule has 72 valence electrons. The lowest BCUT2D eigenvalue weighted by Crippen LogP contribution is -2.05. The van der Waals surface area contributed by atoms with Crippen LogP contribution in [-0.4, -0.2) is 22.5 Å². The molecule has 0 radical (unpaired) electrons. The number of ether oxygens (including phenoxy) is 1. The number of alkyl halides is 3. The minimum atomic E-state index is -4.30. The lowest BCUT2D eigenvalue weighted by Gasteiger charge is -2.00. The van der Waals surface area contributed by atoms with Gasteiger partial charge in [-0.05, 0) is 0 Å². The Morgan fingerprint density at radius 2 is 2.31 bits per heavy atom. The van der Waals surface area contributed by atoms with Gasteiger partial charge in [0.15, 0.2) is 0 Å². The highest BCUT2D eigenvalue weighted by Crippen LogP contribution is 2.28. The minimum absolute atomic E-state index is 0.0426. The Labute approximate surface area is 72.1 Å². The molecule has 2 rings (SSSR count). The molecule has 1 fully saturated rings. The molecule has 0 aromatic carbocycles. The predicted octanol–water partition coefficient (Wildman–Crippen LogP) is 1.30. The first-order valence-corrected chi connectivity index (χ1v) is 3.77. The first kappa shape index (κ1) is 8.55. The highest BCUT2D eigenvalue weighted by atomic mass is 19.4. The average molecular weight is 192 g/mol. The van der Waals surface area contributed by atoms with Gasteiger partial charge in [0.25, 0.3) is 0 Å². The van der Waals surface area contributed by atoms with Crippen molar-refractivity contribution in [2.24, 2.45) is 0 Å². The molecule has 13 heavy (non-hydrogen) atoms. The van der Waals surface area contributed by atoms with Crippen LogP contribution in [0.5, 0.6) is 0 Å². The van der Waals surface area contributed by atoms with Crippen molar-refractivity contribution < 1.29 is 17.9 Å². The van der Waals surface area contributed by atoms with E-state index >= 15 is 0 Å². The number of hydrogen-bond acceptors (Lipinski definition) is 2. The minimum Gasteiger partial charge on any atom is -0.371 e. The lowest BCUT2D eigenvalue weighted by atomic mass is 10.3. The van der Waals surface area contributed by atoms with Crippen LogP contribution in [0.3, 0.4) is 0 Å². The van der Waals surface area contributed by atoms with E-state index < -0.39 is 11.7 Å². The van der Waals surface area contributed by atoms with Gasteiger partial charge in [0.05, 0.1) is 24.9 Å². The van der Waals surface area contributed by atoms with Gasteiger partial charge in [-0.25, -0.2) is 0 Å². The molecule has 1 unspecified atom stereocenters. The molecule has 6 heteroatoms. The van der Waals surface area contributed by atoms with Crippen molar-refractivity contribution in [1.29, 1.82) is 0 Å². The highest BCUT2D eigenvalue weighted by molar-refractivity contribution is 5.08. The molecular weight excluding hydrogens is 185 g/mol. The first-order valence-electron chi connectivity index (χ1n) is 3.77. The van der Waals surface area contributed by atoms with Crippen molar-refractivity contribution in [2.45, 2.75) is 18.8 Å². The van der Waals surface area contributed by atoms with Gasteiger partial charge < -0.3 is 4.74 Å². The second kappa shape index (κ2) is 2.73. The van der Waals surface area contributed by atoms with Crippen LogP contribution in [0.25, 0.3) is 0 Å². The monoisotopic (exact) mass is 192 g/mol. The van der Waals surface area contributed by atoms with Gasteiger partial charge in [0, 0.05) is 6.20 Å². The van der Waals surface area contributed by atoms with E-state index in [1.54, 1.807) is 0 Å². The van der Waals surface area contributed by atoms with Crippen LogP contribution in [0.4, 0.5) is 13.2 Å². The Morgan fingerprint density at radius 3 is 2.77 bits per heavy atom. The Hall–Kier alpha value is -1.04. The predicted molar refractivity (Wildman–Crippen MR) is 37.0 cm³/mol. The van der Waals surface area contributed by atoms with Crippen LogP contribution in [0.15, 0.2) is 12.4 Å². The van der Waals surface area contributed by atoms with E-state index in [2.05, 4.69) is 5.10 Å². The first-order chi connectivity index (χ1) is 6.05. The molecular formula is C7H7F3N2O. The molecule has 0 saturated carbocycles. The summed E-state index contributed by atoms with van der Waals surface area (Å²) in [5.74, 6) is 0. The summed E-state index contributed by atoms with van der Waals surface area (Å²) >= 11 is 0. The number of aromatic nitrogens is 2. The molecule has 1 aliphatic heterocycles. The van der Waals surface area contributed by atoms with Gasteiger partial charge in [-0.1, -0.05) is 0 Å². The van der Waals surface area contributed by atoms with E-state index in [0.717, 1.165) is 12.4 Å². The van der Waals surface area contributed by atoms with Gasteiger partial charge in [-0.15, -0.1) is 0 Å². The van der Waals surface area contributed by atoms with Gasteiger partial charge in [0.1, 0.15) is 6.10 Å². The molecule has 1 saturated heterocycles. The van der Waals surface area contributed by atoms with E-state index in [0.29, 0.717) is 13.2 Å². The molecule has 1 aromatic rings. The number of rotatable bonds is 2. The van der Waals surface area contributed by atoms with Crippen LogP contribution in [0.2, 0.25) is 0 Å². The molecule has 0 bridgehead atoms. The summed E-state index contributed by atoms with van der Waals surface area (Å²) in [6.45, 7) is 1.01. The maximum Gasteiger partial charge on any atom is 0.419 e. The van der Waals surface area contributed by atoms with Gasteiger partial charge >= 0.3 is 6.18 Å². The third kappa shape index (κ3) is 2.00. The van der Waals surface area contributed by atoms with Crippen LogP contribution in [-0.2, 0) is 17.5 Å². The van der Waals surface area contributed by atoms with Gasteiger partial charge in [-0.2, -0.15) is 18.3 Å². The molecule has 2 heterocycles. The largest absolute Gasteiger partial charge is 0.419 e. The fourth-order valence-electron chi connectivity index (χ4n) is 0.992. The topological polar surface area (TPSA) is 30.4 Å². The summed E-state index contributed by atoms with van der Waals surface area (Å²) in [6.07, 6.45) is -2.45. The standard InChI is InChI=1S/C7H7F3N2O/c8-7(9,10)5-1-11-12(2-5)3-6-4-13-6/h1-2,6H,3-4H2. The zero-order valence-corrected chi connectivity index (χ0v) is 6.58. The quantitative estimate of drug-likeness (QED) is 0.661. The fourth-order valence-corrected chi connectivity index (χ4v) is 0.992. The lowest BCUT2D eigenvalue weighted by molar-refractivity contribution is -0.137. The second-order valence-corrected chi connectivity index (χ2v) is 2.90. The van der Waals surface area contributed by atoms with E-state index in [1.165, 1.54) is 4.68 Å². The van der Waals surface area contributed by atoms with E-state index in [4.69, 9.17) is 4.74 Å². The normalized spacial score (nSPS) is 21.9.